The first-order chi connectivity index (χ1) is 11.2. The maximum Gasteiger partial charge on any atom is 0.285 e. The standard InChI is InChI=1S/C15H15N3O4S2/c1-11-7-9-12(10-8-11)24(21,22)18(2)16-15-13-5-3-4-6-14(13)23(19,20)17-15/h3-10H,1-2H3,(H,16,17). The van der Waals surface area contributed by atoms with E-state index in [2.05, 4.69) is 9.82 Å². The molecule has 0 aliphatic carbocycles. The molecule has 1 N–H and O–H groups in total. The molecule has 0 unspecified atom stereocenters. The van der Waals surface area contributed by atoms with Crippen LogP contribution in [0.2, 0.25) is 0 Å². The zero-order valence-corrected chi connectivity index (χ0v) is 14.6. The van der Waals surface area contributed by atoms with Crippen molar-refractivity contribution < 1.29 is 16.8 Å². The lowest BCUT2D eigenvalue weighted by Crippen LogP contribution is -2.43. The second-order valence-corrected chi connectivity index (χ2v) is 8.85. The van der Waals surface area contributed by atoms with Gasteiger partial charge in [0.15, 0.2) is 5.84 Å². The SMILES string of the molecule is Cc1ccc(S(=O)(=O)N(C)NC2=NS(=O)(=O)c3ccccc32)cc1. The number of hydrazine groups is 1. The maximum absolute atomic E-state index is 12.6. The van der Waals surface area contributed by atoms with Crippen molar-refractivity contribution in [2.24, 2.45) is 4.40 Å². The quantitative estimate of drug-likeness (QED) is 0.827. The zero-order valence-electron chi connectivity index (χ0n) is 13.0. The molecule has 24 heavy (non-hydrogen) atoms. The van der Waals surface area contributed by atoms with Gasteiger partial charge < -0.3 is 0 Å². The van der Waals surface area contributed by atoms with Gasteiger partial charge in [-0.25, -0.2) is 8.42 Å². The normalized spacial score (nSPS) is 15.9. The van der Waals surface area contributed by atoms with E-state index in [-0.39, 0.29) is 15.6 Å². The second kappa shape index (κ2) is 5.69. The van der Waals surface area contributed by atoms with Gasteiger partial charge in [-0.05, 0) is 31.2 Å². The molecule has 3 rings (SSSR count). The van der Waals surface area contributed by atoms with Gasteiger partial charge in [0.05, 0.1) is 4.90 Å². The van der Waals surface area contributed by atoms with Crippen LogP contribution < -0.4 is 5.43 Å². The van der Waals surface area contributed by atoms with Gasteiger partial charge >= 0.3 is 0 Å². The van der Waals surface area contributed by atoms with Crippen LogP contribution >= 0.6 is 0 Å². The first-order valence-corrected chi connectivity index (χ1v) is 9.86. The van der Waals surface area contributed by atoms with E-state index < -0.39 is 20.0 Å². The first kappa shape index (κ1) is 16.6. The summed E-state index contributed by atoms with van der Waals surface area (Å²) in [4.78, 5) is 0.145. The Bertz CT molecular complexity index is 1030. The van der Waals surface area contributed by atoms with Crippen LogP contribution in [0.1, 0.15) is 11.1 Å². The van der Waals surface area contributed by atoms with Crippen LogP contribution in [0.5, 0.6) is 0 Å². The highest BCUT2D eigenvalue weighted by molar-refractivity contribution is 7.91. The Morgan fingerprint density at radius 1 is 1.04 bits per heavy atom. The third-order valence-corrected chi connectivity index (χ3v) is 6.59. The fourth-order valence-corrected chi connectivity index (χ4v) is 4.44. The number of nitrogens with zero attached hydrogens (tertiary/aromatic N) is 2. The van der Waals surface area contributed by atoms with Gasteiger partial charge in [0, 0.05) is 12.6 Å². The van der Waals surface area contributed by atoms with E-state index >= 15 is 0 Å². The Hall–Kier alpha value is -2.23. The Balaban J connectivity index is 1.93. The molecule has 126 valence electrons. The molecule has 2 aromatic carbocycles. The van der Waals surface area contributed by atoms with Gasteiger partial charge in [0.1, 0.15) is 4.90 Å². The molecule has 0 saturated carbocycles. The van der Waals surface area contributed by atoms with Crippen molar-refractivity contribution >= 4 is 25.9 Å². The van der Waals surface area contributed by atoms with Crippen molar-refractivity contribution in [1.82, 2.24) is 9.84 Å². The van der Waals surface area contributed by atoms with Crippen molar-refractivity contribution in [3.8, 4) is 0 Å². The van der Waals surface area contributed by atoms with Crippen molar-refractivity contribution in [1.29, 1.82) is 0 Å². The Kier molecular flexibility index (Phi) is 3.94. The molecule has 9 heteroatoms. The maximum atomic E-state index is 12.6. The number of benzene rings is 2. The molecule has 0 fully saturated rings. The Labute approximate surface area is 140 Å². The van der Waals surface area contributed by atoms with Gasteiger partial charge in [-0.15, -0.1) is 8.81 Å². The average Bonchev–Trinajstić information content (AvgIpc) is 2.79. The molecule has 1 aliphatic heterocycles. The minimum absolute atomic E-state index is 0.0243. The molecule has 0 saturated heterocycles. The summed E-state index contributed by atoms with van der Waals surface area (Å²) < 4.78 is 53.6. The fourth-order valence-electron chi connectivity index (χ4n) is 2.26. The minimum Gasteiger partial charge on any atom is -0.288 e. The lowest BCUT2D eigenvalue weighted by atomic mass is 10.2. The molecule has 0 aromatic heterocycles. The predicted molar refractivity (Wildman–Crippen MR) is 89.4 cm³/mol. The Morgan fingerprint density at radius 3 is 2.33 bits per heavy atom. The van der Waals surface area contributed by atoms with Gasteiger partial charge in [-0.1, -0.05) is 29.8 Å². The third-order valence-electron chi connectivity index (χ3n) is 3.57. The lowest BCUT2D eigenvalue weighted by Gasteiger charge is -2.19. The largest absolute Gasteiger partial charge is 0.288 e. The molecule has 2 aromatic rings. The van der Waals surface area contributed by atoms with Crippen LogP contribution in [0, 0.1) is 6.92 Å². The summed E-state index contributed by atoms with van der Waals surface area (Å²) in [7, 11) is -6.35. The summed E-state index contributed by atoms with van der Waals surface area (Å²) in [6.07, 6.45) is 0. The molecule has 0 radical (unpaired) electrons. The summed E-state index contributed by atoms with van der Waals surface area (Å²) in [5.74, 6) is -0.0243. The summed E-state index contributed by atoms with van der Waals surface area (Å²) >= 11 is 0. The van der Waals surface area contributed by atoms with Gasteiger partial charge in [0.25, 0.3) is 20.0 Å². The highest BCUT2D eigenvalue weighted by Gasteiger charge is 2.31. The van der Waals surface area contributed by atoms with Crippen LogP contribution in [0.15, 0.2) is 62.7 Å². The number of amidine groups is 1. The highest BCUT2D eigenvalue weighted by Crippen LogP contribution is 2.25. The van der Waals surface area contributed by atoms with Gasteiger partial charge in [0.2, 0.25) is 0 Å². The zero-order chi connectivity index (χ0) is 17.5. The number of rotatable bonds is 3. The van der Waals surface area contributed by atoms with Crippen molar-refractivity contribution in [2.75, 3.05) is 7.05 Å². The molecule has 1 aliphatic rings. The predicted octanol–water partition coefficient (Wildman–Crippen LogP) is 1.27. The number of fused-ring (bicyclic) bond motifs is 1. The van der Waals surface area contributed by atoms with Crippen LogP contribution in [0.3, 0.4) is 0 Å². The first-order valence-electron chi connectivity index (χ1n) is 6.98. The van der Waals surface area contributed by atoms with E-state index in [1.807, 2.05) is 6.92 Å². The molecule has 0 amide bonds. The summed E-state index contributed by atoms with van der Waals surface area (Å²) in [5, 5.41) is 0. The van der Waals surface area contributed by atoms with E-state index in [0.29, 0.717) is 5.56 Å². The summed E-state index contributed by atoms with van der Waals surface area (Å²) in [6, 6.07) is 12.6. The molecular formula is C15H15N3O4S2. The van der Waals surface area contributed by atoms with Crippen LogP contribution in [-0.2, 0) is 20.0 Å². The monoisotopic (exact) mass is 365 g/mol. The smallest absolute Gasteiger partial charge is 0.285 e. The Morgan fingerprint density at radius 2 is 1.67 bits per heavy atom. The van der Waals surface area contributed by atoms with Crippen molar-refractivity contribution in [2.45, 2.75) is 16.7 Å². The number of nitrogens with one attached hydrogen (secondary N) is 1. The summed E-state index contributed by atoms with van der Waals surface area (Å²) in [6.45, 7) is 1.85. The molecule has 7 nitrogen and oxygen atoms in total. The van der Waals surface area contributed by atoms with E-state index in [1.54, 1.807) is 30.3 Å². The molecule has 0 bridgehead atoms. The molecule has 0 atom stereocenters. The van der Waals surface area contributed by atoms with E-state index in [4.69, 9.17) is 0 Å². The minimum atomic E-state index is -3.84. The average molecular weight is 365 g/mol. The van der Waals surface area contributed by atoms with Gasteiger partial charge in [-0.3, -0.25) is 5.43 Å². The lowest BCUT2D eigenvalue weighted by molar-refractivity contribution is 0.438. The van der Waals surface area contributed by atoms with Crippen molar-refractivity contribution in [3.63, 3.8) is 0 Å². The molecular weight excluding hydrogens is 350 g/mol. The topological polar surface area (TPSA) is 95.9 Å². The number of sulfonamides is 2. The van der Waals surface area contributed by atoms with E-state index in [0.717, 1.165) is 9.98 Å². The van der Waals surface area contributed by atoms with E-state index in [1.165, 1.54) is 25.2 Å². The summed E-state index contributed by atoms with van der Waals surface area (Å²) in [5.41, 5.74) is 3.83. The molecule has 1 heterocycles. The van der Waals surface area contributed by atoms with Crippen LogP contribution in [0.25, 0.3) is 0 Å². The van der Waals surface area contributed by atoms with Crippen LogP contribution in [0.4, 0.5) is 0 Å². The fraction of sp³-hybridized carbons (Fsp3) is 0.133. The highest BCUT2D eigenvalue weighted by atomic mass is 32.2. The number of hydrogen-bond donors (Lipinski definition) is 1. The van der Waals surface area contributed by atoms with Crippen LogP contribution in [-0.4, -0.2) is 34.1 Å². The van der Waals surface area contributed by atoms with E-state index in [9.17, 15) is 16.8 Å². The number of hydrogen-bond acceptors (Lipinski definition) is 5. The molecule has 0 spiro atoms. The van der Waals surface area contributed by atoms with Gasteiger partial charge in [-0.2, -0.15) is 8.42 Å². The second-order valence-electron chi connectivity index (χ2n) is 5.31. The van der Waals surface area contributed by atoms with Crippen molar-refractivity contribution in [3.05, 3.63) is 59.7 Å². The third kappa shape index (κ3) is 2.81. The number of aryl methyl sites for hydroxylation is 1.